The van der Waals surface area contributed by atoms with E-state index in [9.17, 15) is 4.79 Å². The average molecular weight is 432 g/mol. The minimum absolute atomic E-state index is 0.111. The van der Waals surface area contributed by atoms with Gasteiger partial charge >= 0.3 is 0 Å². The van der Waals surface area contributed by atoms with E-state index in [0.29, 0.717) is 23.2 Å². The van der Waals surface area contributed by atoms with Crippen LogP contribution in [0.1, 0.15) is 12.8 Å². The summed E-state index contributed by atoms with van der Waals surface area (Å²) in [6, 6.07) is 14.7. The molecule has 1 atom stereocenters. The second-order valence-electron chi connectivity index (χ2n) is 5.65. The molecule has 1 unspecified atom stereocenters. The maximum atomic E-state index is 12.3. The molecular formula is C19H18BrN3O4. The van der Waals surface area contributed by atoms with Crippen LogP contribution in [-0.2, 0) is 11.3 Å². The number of aromatic nitrogens is 2. The molecule has 0 saturated carbocycles. The molecule has 1 aromatic heterocycles. The summed E-state index contributed by atoms with van der Waals surface area (Å²) in [5, 5.41) is 6.66. The summed E-state index contributed by atoms with van der Waals surface area (Å²) in [7, 11) is 1.55. The number of ether oxygens (including phenoxy) is 2. The largest absolute Gasteiger partial charge is 0.493 e. The van der Waals surface area contributed by atoms with Gasteiger partial charge in [0, 0.05) is 10.0 Å². The number of halogens is 1. The van der Waals surface area contributed by atoms with Crippen molar-refractivity contribution in [3.63, 3.8) is 0 Å². The molecule has 27 heavy (non-hydrogen) atoms. The number of carbonyl (C=O) groups is 1. The Kier molecular flexibility index (Phi) is 6.08. The van der Waals surface area contributed by atoms with Crippen molar-refractivity contribution in [3.05, 3.63) is 58.9 Å². The van der Waals surface area contributed by atoms with Crippen molar-refractivity contribution in [2.45, 2.75) is 19.6 Å². The molecular weight excluding hydrogens is 414 g/mol. The zero-order valence-electron chi connectivity index (χ0n) is 14.8. The molecule has 0 spiro atoms. The third kappa shape index (κ3) is 4.85. The standard InChI is InChI=1S/C19H18BrN3O4/c1-12(26-16-9-4-3-8-15(16)25-2)19(24)21-11-17-22-18(23-27-17)13-6-5-7-14(20)10-13/h3-10,12H,11H2,1-2H3,(H,21,24). The molecule has 0 fully saturated rings. The van der Waals surface area contributed by atoms with E-state index in [0.717, 1.165) is 10.0 Å². The number of rotatable bonds is 7. The first kappa shape index (κ1) is 18.9. The fourth-order valence-corrected chi connectivity index (χ4v) is 2.74. The zero-order chi connectivity index (χ0) is 19.2. The van der Waals surface area contributed by atoms with Gasteiger partial charge in [-0.05, 0) is 31.2 Å². The van der Waals surface area contributed by atoms with Crippen molar-refractivity contribution in [2.24, 2.45) is 0 Å². The van der Waals surface area contributed by atoms with E-state index in [-0.39, 0.29) is 12.5 Å². The molecule has 0 aliphatic heterocycles. The molecule has 7 nitrogen and oxygen atoms in total. The zero-order valence-corrected chi connectivity index (χ0v) is 16.4. The molecule has 0 aliphatic rings. The maximum Gasteiger partial charge on any atom is 0.261 e. The number of hydrogen-bond donors (Lipinski definition) is 1. The van der Waals surface area contributed by atoms with Gasteiger partial charge in [0.25, 0.3) is 5.91 Å². The van der Waals surface area contributed by atoms with Gasteiger partial charge in [-0.15, -0.1) is 0 Å². The van der Waals surface area contributed by atoms with E-state index >= 15 is 0 Å². The predicted molar refractivity (Wildman–Crippen MR) is 102 cm³/mol. The molecule has 3 aromatic rings. The number of amides is 1. The lowest BCUT2D eigenvalue weighted by Gasteiger charge is -2.16. The number of hydrogen-bond acceptors (Lipinski definition) is 6. The van der Waals surface area contributed by atoms with Crippen LogP contribution >= 0.6 is 15.9 Å². The van der Waals surface area contributed by atoms with E-state index < -0.39 is 6.10 Å². The number of nitrogens with one attached hydrogen (secondary N) is 1. The second-order valence-corrected chi connectivity index (χ2v) is 6.57. The molecule has 8 heteroatoms. The Hall–Kier alpha value is -2.87. The fourth-order valence-electron chi connectivity index (χ4n) is 2.34. The Morgan fingerprint density at radius 3 is 2.74 bits per heavy atom. The lowest BCUT2D eigenvalue weighted by Crippen LogP contribution is -2.36. The Bertz CT molecular complexity index is 929. The Labute approximate surface area is 164 Å². The fraction of sp³-hybridized carbons (Fsp3) is 0.211. The number of benzene rings is 2. The van der Waals surface area contributed by atoms with Crippen molar-refractivity contribution in [2.75, 3.05) is 7.11 Å². The first-order valence-electron chi connectivity index (χ1n) is 8.22. The van der Waals surface area contributed by atoms with Gasteiger partial charge in [0.05, 0.1) is 13.7 Å². The molecule has 3 rings (SSSR count). The smallest absolute Gasteiger partial charge is 0.261 e. The summed E-state index contributed by atoms with van der Waals surface area (Å²) in [4.78, 5) is 16.6. The normalized spacial score (nSPS) is 11.7. The van der Waals surface area contributed by atoms with E-state index in [1.54, 1.807) is 26.2 Å². The lowest BCUT2D eigenvalue weighted by molar-refractivity contribution is -0.127. The van der Waals surface area contributed by atoms with Gasteiger partial charge in [0.2, 0.25) is 11.7 Å². The minimum Gasteiger partial charge on any atom is -0.493 e. The summed E-state index contributed by atoms with van der Waals surface area (Å²) in [6.07, 6.45) is -0.714. The van der Waals surface area contributed by atoms with E-state index in [1.807, 2.05) is 36.4 Å². The van der Waals surface area contributed by atoms with Crippen LogP contribution in [0.4, 0.5) is 0 Å². The van der Waals surface area contributed by atoms with Gasteiger partial charge in [-0.2, -0.15) is 4.98 Å². The first-order valence-corrected chi connectivity index (χ1v) is 9.02. The van der Waals surface area contributed by atoms with Crippen molar-refractivity contribution in [3.8, 4) is 22.9 Å². The molecule has 2 aromatic carbocycles. The van der Waals surface area contributed by atoms with Crippen LogP contribution < -0.4 is 14.8 Å². The molecule has 1 amide bonds. The average Bonchev–Trinajstić information content (AvgIpc) is 3.15. The molecule has 1 N–H and O–H groups in total. The van der Waals surface area contributed by atoms with Crippen molar-refractivity contribution in [1.82, 2.24) is 15.5 Å². The highest BCUT2D eigenvalue weighted by Crippen LogP contribution is 2.26. The number of methoxy groups -OCH3 is 1. The van der Waals surface area contributed by atoms with Crippen LogP contribution in [0.3, 0.4) is 0 Å². The van der Waals surface area contributed by atoms with Gasteiger partial charge in [-0.3, -0.25) is 4.79 Å². The molecule has 0 radical (unpaired) electrons. The first-order chi connectivity index (χ1) is 13.1. The van der Waals surface area contributed by atoms with Crippen LogP contribution in [0, 0.1) is 0 Å². The Balaban J connectivity index is 1.57. The van der Waals surface area contributed by atoms with Crippen LogP contribution in [0.5, 0.6) is 11.5 Å². The highest BCUT2D eigenvalue weighted by molar-refractivity contribution is 9.10. The summed E-state index contributed by atoms with van der Waals surface area (Å²) in [6.45, 7) is 1.77. The quantitative estimate of drug-likeness (QED) is 0.614. The molecule has 0 aliphatic carbocycles. The monoisotopic (exact) mass is 431 g/mol. The van der Waals surface area contributed by atoms with Crippen molar-refractivity contribution >= 4 is 21.8 Å². The van der Waals surface area contributed by atoms with Crippen molar-refractivity contribution in [1.29, 1.82) is 0 Å². The van der Waals surface area contributed by atoms with Crippen molar-refractivity contribution < 1.29 is 18.8 Å². The third-order valence-electron chi connectivity index (χ3n) is 3.71. The van der Waals surface area contributed by atoms with E-state index in [4.69, 9.17) is 14.0 Å². The molecule has 140 valence electrons. The van der Waals surface area contributed by atoms with Crippen LogP contribution in [0.25, 0.3) is 11.4 Å². The molecule has 0 saturated heterocycles. The summed E-state index contributed by atoms with van der Waals surface area (Å²) >= 11 is 3.40. The Morgan fingerprint density at radius 2 is 2.00 bits per heavy atom. The molecule has 0 bridgehead atoms. The molecule has 1 heterocycles. The third-order valence-corrected chi connectivity index (χ3v) is 4.20. The van der Waals surface area contributed by atoms with E-state index in [2.05, 4.69) is 31.4 Å². The van der Waals surface area contributed by atoms with Crippen LogP contribution in [-0.4, -0.2) is 29.3 Å². The minimum atomic E-state index is -0.714. The number of nitrogens with zero attached hydrogens (tertiary/aromatic N) is 2. The summed E-state index contributed by atoms with van der Waals surface area (Å²) in [5.74, 6) is 1.52. The lowest BCUT2D eigenvalue weighted by atomic mass is 10.2. The van der Waals surface area contributed by atoms with Crippen LogP contribution in [0.2, 0.25) is 0 Å². The van der Waals surface area contributed by atoms with Gasteiger partial charge in [-0.1, -0.05) is 45.4 Å². The van der Waals surface area contributed by atoms with Gasteiger partial charge in [0.1, 0.15) is 0 Å². The van der Waals surface area contributed by atoms with Gasteiger partial charge in [-0.25, -0.2) is 0 Å². The summed E-state index contributed by atoms with van der Waals surface area (Å²) in [5.41, 5.74) is 0.818. The predicted octanol–water partition coefficient (Wildman–Crippen LogP) is 3.59. The van der Waals surface area contributed by atoms with Gasteiger partial charge in [0.15, 0.2) is 17.6 Å². The summed E-state index contributed by atoms with van der Waals surface area (Å²) < 4.78 is 17.0. The Morgan fingerprint density at radius 1 is 1.22 bits per heavy atom. The highest BCUT2D eigenvalue weighted by atomic mass is 79.9. The van der Waals surface area contributed by atoms with Gasteiger partial charge < -0.3 is 19.3 Å². The highest BCUT2D eigenvalue weighted by Gasteiger charge is 2.18. The number of para-hydroxylation sites is 2. The SMILES string of the molecule is COc1ccccc1OC(C)C(=O)NCc1nc(-c2cccc(Br)c2)no1. The van der Waals surface area contributed by atoms with Crippen LogP contribution in [0.15, 0.2) is 57.5 Å². The number of carbonyl (C=O) groups excluding carboxylic acids is 1. The maximum absolute atomic E-state index is 12.3. The second kappa shape index (κ2) is 8.68. The topological polar surface area (TPSA) is 86.5 Å². The van der Waals surface area contributed by atoms with E-state index in [1.165, 1.54) is 0 Å².